The third kappa shape index (κ3) is 7.61. The van der Waals surface area contributed by atoms with Crippen molar-refractivity contribution in [3.05, 3.63) is 35.5 Å². The first-order chi connectivity index (χ1) is 18.4. The molecule has 0 amide bonds. The molecule has 0 spiro atoms. The fourth-order valence-electron chi connectivity index (χ4n) is 7.73. The number of allylic oxidation sites excluding steroid dienone is 3. The summed E-state index contributed by atoms with van der Waals surface area (Å²) < 4.78 is 12.3. The van der Waals surface area contributed by atoms with Crippen molar-refractivity contribution in [2.45, 2.75) is 150 Å². The molecule has 228 valence electrons. The fourth-order valence-corrected chi connectivity index (χ4v) is 9.02. The van der Waals surface area contributed by atoms with Crippen LogP contribution in [0.5, 0.6) is 0 Å². The van der Waals surface area contributed by atoms with Crippen LogP contribution in [0.25, 0.3) is 0 Å². The summed E-state index contributed by atoms with van der Waals surface area (Å²) in [5.41, 5.74) is 3.78. The number of esters is 1. The van der Waals surface area contributed by atoms with Crippen LogP contribution in [0.1, 0.15) is 120 Å². The first-order valence-electron chi connectivity index (χ1n) is 16.1. The second kappa shape index (κ2) is 12.6. The molecule has 40 heavy (non-hydrogen) atoms. The molecule has 1 unspecified atom stereocenters. The van der Waals surface area contributed by atoms with Crippen LogP contribution >= 0.6 is 0 Å². The van der Waals surface area contributed by atoms with Gasteiger partial charge in [0.05, 0.1) is 6.10 Å². The van der Waals surface area contributed by atoms with Gasteiger partial charge in [-0.05, 0) is 90.5 Å². The van der Waals surface area contributed by atoms with Crippen LogP contribution in [0.2, 0.25) is 18.1 Å². The minimum Gasteiger partial charge on any atom is -0.433 e. The van der Waals surface area contributed by atoms with E-state index in [1.54, 1.807) is 5.57 Å². The summed E-state index contributed by atoms with van der Waals surface area (Å²) in [5.74, 6) is 0.936. The molecule has 1 N–H and O–H groups in total. The molecular weight excluding hydrogens is 512 g/mol. The van der Waals surface area contributed by atoms with Gasteiger partial charge < -0.3 is 14.3 Å². The molecular formula is C35H60O4Si. The van der Waals surface area contributed by atoms with Gasteiger partial charge in [0, 0.05) is 19.8 Å². The van der Waals surface area contributed by atoms with Crippen LogP contribution in [0.3, 0.4) is 0 Å². The molecule has 0 radical (unpaired) electrons. The van der Waals surface area contributed by atoms with Crippen molar-refractivity contribution >= 4 is 14.3 Å². The quantitative estimate of drug-likeness (QED) is 0.170. The Morgan fingerprint density at radius 1 is 1.18 bits per heavy atom. The maximum Gasteiger partial charge on any atom is 0.305 e. The molecule has 3 aliphatic rings. The Morgan fingerprint density at radius 3 is 2.45 bits per heavy atom. The number of hydrogen-bond acceptors (Lipinski definition) is 4. The minimum atomic E-state index is -2.14. The number of carbonyl (C=O) groups is 1. The normalized spacial score (nSPS) is 34.4. The molecule has 3 rings (SSSR count). The minimum absolute atomic E-state index is 0.0215. The van der Waals surface area contributed by atoms with E-state index in [1.807, 2.05) is 0 Å². The Hall–Kier alpha value is -1.17. The summed E-state index contributed by atoms with van der Waals surface area (Å²) >= 11 is 0. The average molecular weight is 573 g/mol. The highest BCUT2D eigenvalue weighted by Gasteiger charge is 2.51. The first-order valence-corrected chi connectivity index (χ1v) is 19.0. The van der Waals surface area contributed by atoms with Crippen LogP contribution in [0.4, 0.5) is 0 Å². The molecule has 4 nitrogen and oxygen atoms in total. The van der Waals surface area contributed by atoms with Gasteiger partial charge in [0.15, 0.2) is 8.32 Å². The van der Waals surface area contributed by atoms with Gasteiger partial charge in [-0.15, -0.1) is 0 Å². The van der Waals surface area contributed by atoms with Crippen molar-refractivity contribution in [3.8, 4) is 0 Å². The van der Waals surface area contributed by atoms with Crippen molar-refractivity contribution in [1.82, 2.24) is 0 Å². The standard InChI is InChI=1S/C35H60O4Si/c1-24(2)14-12-15-25(3)30-19-20-31-28(16-13-21-34(30,31)9)17-18-29-22-35(37,38-27(5)36)23-32(26(29)4)39-40(10,11)33(6,7)8/h17-18,24-25,30-32,37H,4,12-16,19-23H2,1-3,5-11H3/b28-17?,29-18-/t25-,30-,31?,32-,34-,35+/m1/s1. The first kappa shape index (κ1) is 33.3. The van der Waals surface area contributed by atoms with E-state index in [2.05, 4.69) is 80.3 Å². The Morgan fingerprint density at radius 2 is 1.85 bits per heavy atom. The lowest BCUT2D eigenvalue weighted by Crippen LogP contribution is -2.50. The van der Waals surface area contributed by atoms with E-state index in [4.69, 9.17) is 9.16 Å². The lowest BCUT2D eigenvalue weighted by molar-refractivity contribution is -0.217. The molecule has 5 heteroatoms. The van der Waals surface area contributed by atoms with Crippen LogP contribution in [-0.4, -0.2) is 31.3 Å². The number of hydrogen-bond donors (Lipinski definition) is 1. The van der Waals surface area contributed by atoms with E-state index in [9.17, 15) is 9.90 Å². The average Bonchev–Trinajstić information content (AvgIpc) is 3.16. The summed E-state index contributed by atoms with van der Waals surface area (Å²) in [6.07, 6.45) is 14.9. The van der Waals surface area contributed by atoms with Gasteiger partial charge in [-0.2, -0.15) is 0 Å². The largest absolute Gasteiger partial charge is 0.433 e. The number of aliphatic hydroxyl groups is 1. The van der Waals surface area contributed by atoms with Crippen molar-refractivity contribution in [1.29, 1.82) is 0 Å². The third-order valence-corrected chi connectivity index (χ3v) is 15.5. The molecule has 3 saturated carbocycles. The van der Waals surface area contributed by atoms with Gasteiger partial charge in [0.1, 0.15) is 0 Å². The predicted molar refractivity (Wildman–Crippen MR) is 169 cm³/mol. The maximum absolute atomic E-state index is 11.9. The maximum atomic E-state index is 11.9. The van der Waals surface area contributed by atoms with E-state index in [-0.39, 0.29) is 24.0 Å². The van der Waals surface area contributed by atoms with Gasteiger partial charge in [-0.25, -0.2) is 0 Å². The second-order valence-electron chi connectivity index (χ2n) is 15.6. The highest BCUT2D eigenvalue weighted by molar-refractivity contribution is 6.74. The topological polar surface area (TPSA) is 55.8 Å². The SMILES string of the molecule is C=C1/C(=C\C=C2CCC[C@@]3(C)C2CC[C@@H]3[C@H](C)CCCC(C)C)C[C@](O)(OC(C)=O)C[C@H]1O[Si](C)(C)C(C)(C)C. The third-order valence-electron chi connectivity index (χ3n) is 11.0. The van der Waals surface area contributed by atoms with Gasteiger partial charge in [0.2, 0.25) is 5.79 Å². The van der Waals surface area contributed by atoms with Crippen LogP contribution in [0, 0.1) is 29.1 Å². The number of ether oxygens (including phenoxy) is 1. The van der Waals surface area contributed by atoms with Crippen molar-refractivity contribution in [3.63, 3.8) is 0 Å². The summed E-state index contributed by atoms with van der Waals surface area (Å²) in [4.78, 5) is 11.9. The lowest BCUT2D eigenvalue weighted by Gasteiger charge is -2.45. The van der Waals surface area contributed by atoms with Crippen LogP contribution in [-0.2, 0) is 14.0 Å². The predicted octanol–water partition coefficient (Wildman–Crippen LogP) is 9.51. The Labute approximate surface area is 247 Å². The summed E-state index contributed by atoms with van der Waals surface area (Å²) in [6.45, 7) is 26.6. The molecule has 0 saturated heterocycles. The fraction of sp³-hybridized carbons (Fsp3) is 0.800. The Kier molecular flexibility index (Phi) is 10.5. The van der Waals surface area contributed by atoms with E-state index in [0.717, 1.165) is 35.3 Å². The van der Waals surface area contributed by atoms with E-state index in [1.165, 1.54) is 51.9 Å². The van der Waals surface area contributed by atoms with Crippen LogP contribution < -0.4 is 0 Å². The second-order valence-corrected chi connectivity index (χ2v) is 20.4. The van der Waals surface area contributed by atoms with E-state index >= 15 is 0 Å². The summed E-state index contributed by atoms with van der Waals surface area (Å²) in [5, 5.41) is 11.4. The molecule has 0 bridgehead atoms. The highest BCUT2D eigenvalue weighted by Crippen LogP contribution is 2.60. The van der Waals surface area contributed by atoms with E-state index < -0.39 is 20.1 Å². The van der Waals surface area contributed by atoms with Gasteiger partial charge in [-0.3, -0.25) is 4.79 Å². The molecule has 0 aliphatic heterocycles. The highest BCUT2D eigenvalue weighted by atomic mass is 28.4. The Balaban J connectivity index is 1.85. The van der Waals surface area contributed by atoms with Crippen molar-refractivity contribution < 1.29 is 19.1 Å². The van der Waals surface area contributed by atoms with Crippen molar-refractivity contribution in [2.75, 3.05) is 0 Å². The number of rotatable bonds is 9. The zero-order valence-electron chi connectivity index (χ0n) is 27.5. The Bertz CT molecular complexity index is 986. The summed E-state index contributed by atoms with van der Waals surface area (Å²) in [7, 11) is -2.14. The lowest BCUT2D eigenvalue weighted by atomic mass is 9.60. The zero-order valence-corrected chi connectivity index (χ0v) is 28.5. The van der Waals surface area contributed by atoms with Gasteiger partial charge in [-0.1, -0.05) is 92.0 Å². The molecule has 6 atom stereocenters. The molecule has 0 aromatic carbocycles. The monoisotopic (exact) mass is 572 g/mol. The number of fused-ring (bicyclic) bond motifs is 1. The smallest absolute Gasteiger partial charge is 0.305 e. The van der Waals surface area contributed by atoms with Gasteiger partial charge >= 0.3 is 5.97 Å². The molecule has 3 fully saturated rings. The zero-order chi connectivity index (χ0) is 30.1. The molecule has 3 aliphatic carbocycles. The molecule has 0 aromatic rings. The van der Waals surface area contributed by atoms with Gasteiger partial charge in [0.25, 0.3) is 0 Å². The van der Waals surface area contributed by atoms with E-state index in [0.29, 0.717) is 11.3 Å². The van der Waals surface area contributed by atoms with Crippen LogP contribution in [0.15, 0.2) is 35.5 Å². The number of carbonyl (C=O) groups excluding carboxylic acids is 1. The van der Waals surface area contributed by atoms with Crippen molar-refractivity contribution in [2.24, 2.45) is 29.1 Å². The molecule has 0 heterocycles. The summed E-state index contributed by atoms with van der Waals surface area (Å²) in [6, 6.07) is 0. The molecule has 0 aromatic heterocycles.